The molecule has 12 heavy (non-hydrogen) atoms. The normalized spacial score (nSPS) is 19.3. The first-order valence-corrected chi connectivity index (χ1v) is 4.36. The van der Waals surface area contributed by atoms with Crippen molar-refractivity contribution in [3.63, 3.8) is 0 Å². The first kappa shape index (κ1) is 9.48. The van der Waals surface area contributed by atoms with Gasteiger partial charge in [-0.05, 0) is 0 Å². The lowest BCUT2D eigenvalue weighted by Gasteiger charge is -2.40. The van der Waals surface area contributed by atoms with Crippen molar-refractivity contribution in [1.82, 2.24) is 15.8 Å². The third-order valence-electron chi connectivity index (χ3n) is 1.77. The standard InChI is InChI=1S/C8H17N3O/c1-6(2)9-8-4-11(5-8)10-7(3)12/h6,8-9H,4-5H2,1-3H3,(H,10,12). The molecular weight excluding hydrogens is 154 g/mol. The van der Waals surface area contributed by atoms with Gasteiger partial charge in [0.2, 0.25) is 5.91 Å². The number of amides is 1. The molecule has 0 bridgehead atoms. The highest BCUT2D eigenvalue weighted by atomic mass is 16.2. The van der Waals surface area contributed by atoms with Crippen LogP contribution in [0.25, 0.3) is 0 Å². The molecule has 0 aliphatic carbocycles. The molecule has 0 aromatic heterocycles. The lowest BCUT2D eigenvalue weighted by molar-refractivity contribution is -0.126. The first-order valence-electron chi connectivity index (χ1n) is 4.36. The largest absolute Gasteiger partial charge is 0.309 e. The van der Waals surface area contributed by atoms with E-state index in [1.165, 1.54) is 6.92 Å². The molecule has 1 saturated heterocycles. The summed E-state index contributed by atoms with van der Waals surface area (Å²) in [5, 5.41) is 5.31. The lowest BCUT2D eigenvalue weighted by Crippen LogP contribution is -2.64. The van der Waals surface area contributed by atoms with E-state index < -0.39 is 0 Å². The Balaban J connectivity index is 2.08. The molecule has 0 aromatic rings. The van der Waals surface area contributed by atoms with Crippen LogP contribution < -0.4 is 10.7 Å². The number of carbonyl (C=O) groups excluding carboxylic acids is 1. The molecule has 1 rings (SSSR count). The van der Waals surface area contributed by atoms with Crippen LogP contribution in [0.3, 0.4) is 0 Å². The molecule has 0 atom stereocenters. The van der Waals surface area contributed by atoms with Crippen LogP contribution in [-0.4, -0.2) is 36.1 Å². The topological polar surface area (TPSA) is 44.4 Å². The predicted molar refractivity (Wildman–Crippen MR) is 47.4 cm³/mol. The molecule has 1 heterocycles. The molecule has 0 saturated carbocycles. The van der Waals surface area contributed by atoms with Gasteiger partial charge in [0.25, 0.3) is 0 Å². The molecule has 1 fully saturated rings. The summed E-state index contributed by atoms with van der Waals surface area (Å²) in [5.41, 5.74) is 2.74. The van der Waals surface area contributed by atoms with Gasteiger partial charge in [-0.1, -0.05) is 13.8 Å². The van der Waals surface area contributed by atoms with Crippen molar-refractivity contribution in [2.24, 2.45) is 0 Å². The fourth-order valence-corrected chi connectivity index (χ4v) is 1.37. The zero-order valence-corrected chi connectivity index (χ0v) is 7.92. The van der Waals surface area contributed by atoms with Gasteiger partial charge in [0, 0.05) is 32.1 Å². The lowest BCUT2D eigenvalue weighted by atomic mass is 10.1. The smallest absolute Gasteiger partial charge is 0.231 e. The highest BCUT2D eigenvalue weighted by Crippen LogP contribution is 2.04. The molecule has 70 valence electrons. The summed E-state index contributed by atoms with van der Waals surface area (Å²) in [4.78, 5) is 10.6. The van der Waals surface area contributed by atoms with Crippen LogP contribution >= 0.6 is 0 Å². The molecule has 2 N–H and O–H groups in total. The van der Waals surface area contributed by atoms with Gasteiger partial charge in [0.05, 0.1) is 0 Å². The Morgan fingerprint density at radius 3 is 2.50 bits per heavy atom. The molecular formula is C8H17N3O. The van der Waals surface area contributed by atoms with Gasteiger partial charge in [-0.25, -0.2) is 5.01 Å². The minimum atomic E-state index is 0.0120. The average Bonchev–Trinajstić information content (AvgIpc) is 1.80. The van der Waals surface area contributed by atoms with E-state index in [0.717, 1.165) is 13.1 Å². The van der Waals surface area contributed by atoms with Gasteiger partial charge in [-0.2, -0.15) is 0 Å². The number of rotatable bonds is 3. The Labute approximate surface area is 73.3 Å². The van der Waals surface area contributed by atoms with Gasteiger partial charge in [0.15, 0.2) is 0 Å². The van der Waals surface area contributed by atoms with Crippen molar-refractivity contribution in [3.05, 3.63) is 0 Å². The van der Waals surface area contributed by atoms with Crippen molar-refractivity contribution in [3.8, 4) is 0 Å². The number of hydrazine groups is 1. The summed E-state index contributed by atoms with van der Waals surface area (Å²) in [6, 6.07) is 1.06. The average molecular weight is 171 g/mol. The second-order valence-corrected chi connectivity index (χ2v) is 3.59. The van der Waals surface area contributed by atoms with Gasteiger partial charge in [-0.15, -0.1) is 0 Å². The Morgan fingerprint density at radius 2 is 2.08 bits per heavy atom. The van der Waals surface area contributed by atoms with Crippen LogP contribution in [0.2, 0.25) is 0 Å². The van der Waals surface area contributed by atoms with Crippen LogP contribution in [0.5, 0.6) is 0 Å². The van der Waals surface area contributed by atoms with E-state index in [9.17, 15) is 4.79 Å². The van der Waals surface area contributed by atoms with E-state index in [2.05, 4.69) is 24.6 Å². The summed E-state index contributed by atoms with van der Waals surface area (Å²) >= 11 is 0. The molecule has 0 unspecified atom stereocenters. The highest BCUT2D eigenvalue weighted by molar-refractivity contribution is 5.72. The molecule has 1 aliphatic heterocycles. The van der Waals surface area contributed by atoms with Gasteiger partial charge >= 0.3 is 0 Å². The van der Waals surface area contributed by atoms with Crippen molar-refractivity contribution >= 4 is 5.91 Å². The number of nitrogens with one attached hydrogen (secondary N) is 2. The predicted octanol–water partition coefficient (Wildman–Crippen LogP) is -0.280. The Morgan fingerprint density at radius 1 is 1.50 bits per heavy atom. The van der Waals surface area contributed by atoms with Gasteiger partial charge in [-0.3, -0.25) is 10.2 Å². The Kier molecular flexibility index (Phi) is 3.05. The van der Waals surface area contributed by atoms with Gasteiger partial charge in [0.1, 0.15) is 0 Å². The van der Waals surface area contributed by atoms with E-state index in [1.807, 2.05) is 5.01 Å². The van der Waals surface area contributed by atoms with Crippen molar-refractivity contribution in [2.75, 3.05) is 13.1 Å². The van der Waals surface area contributed by atoms with Crippen LogP contribution in [0, 0.1) is 0 Å². The van der Waals surface area contributed by atoms with Crippen molar-refractivity contribution in [1.29, 1.82) is 0 Å². The minimum Gasteiger partial charge on any atom is -0.309 e. The number of nitrogens with zero attached hydrogens (tertiary/aromatic N) is 1. The maximum Gasteiger partial charge on any atom is 0.231 e. The minimum absolute atomic E-state index is 0.0120. The van der Waals surface area contributed by atoms with Crippen LogP contribution in [-0.2, 0) is 4.79 Å². The summed E-state index contributed by atoms with van der Waals surface area (Å²) < 4.78 is 0. The van der Waals surface area contributed by atoms with Crippen LogP contribution in [0.1, 0.15) is 20.8 Å². The summed E-state index contributed by atoms with van der Waals surface area (Å²) in [5.74, 6) is 0.0120. The number of hydrogen-bond donors (Lipinski definition) is 2. The Bertz CT molecular complexity index is 164. The maximum atomic E-state index is 10.6. The zero-order valence-electron chi connectivity index (χ0n) is 7.92. The van der Waals surface area contributed by atoms with E-state index in [0.29, 0.717) is 12.1 Å². The molecule has 0 aromatic carbocycles. The number of carbonyl (C=O) groups is 1. The van der Waals surface area contributed by atoms with E-state index in [1.54, 1.807) is 0 Å². The molecule has 4 heteroatoms. The molecule has 4 nitrogen and oxygen atoms in total. The zero-order chi connectivity index (χ0) is 9.14. The van der Waals surface area contributed by atoms with Crippen LogP contribution in [0.15, 0.2) is 0 Å². The third-order valence-corrected chi connectivity index (χ3v) is 1.77. The van der Waals surface area contributed by atoms with E-state index in [4.69, 9.17) is 0 Å². The molecule has 1 aliphatic rings. The van der Waals surface area contributed by atoms with Gasteiger partial charge < -0.3 is 5.32 Å². The fraction of sp³-hybridized carbons (Fsp3) is 0.875. The summed E-state index contributed by atoms with van der Waals surface area (Å²) in [6.07, 6.45) is 0. The summed E-state index contributed by atoms with van der Waals surface area (Å²) in [6.45, 7) is 7.61. The molecule has 0 radical (unpaired) electrons. The first-order chi connectivity index (χ1) is 5.58. The number of hydrogen-bond acceptors (Lipinski definition) is 3. The monoisotopic (exact) mass is 171 g/mol. The van der Waals surface area contributed by atoms with Crippen molar-refractivity contribution in [2.45, 2.75) is 32.9 Å². The fourth-order valence-electron chi connectivity index (χ4n) is 1.37. The van der Waals surface area contributed by atoms with Crippen LogP contribution in [0.4, 0.5) is 0 Å². The molecule has 1 amide bonds. The molecule has 0 spiro atoms. The van der Waals surface area contributed by atoms with E-state index >= 15 is 0 Å². The Hall–Kier alpha value is -0.610. The SMILES string of the molecule is CC(=O)NN1CC(NC(C)C)C1. The summed E-state index contributed by atoms with van der Waals surface area (Å²) in [7, 11) is 0. The second-order valence-electron chi connectivity index (χ2n) is 3.59. The van der Waals surface area contributed by atoms with E-state index in [-0.39, 0.29) is 5.91 Å². The second kappa shape index (κ2) is 3.87. The quantitative estimate of drug-likeness (QED) is 0.614. The third kappa shape index (κ3) is 2.79. The highest BCUT2D eigenvalue weighted by Gasteiger charge is 2.26. The maximum absolute atomic E-state index is 10.6. The van der Waals surface area contributed by atoms with Crippen molar-refractivity contribution < 1.29 is 4.79 Å².